The lowest BCUT2D eigenvalue weighted by molar-refractivity contribution is -0.129. The number of carbonyl (C=O) groups is 2. The third kappa shape index (κ3) is 5.03. The van der Waals surface area contributed by atoms with E-state index in [9.17, 15) is 22.4 Å². The van der Waals surface area contributed by atoms with Gasteiger partial charge < -0.3 is 10.2 Å². The Kier molecular flexibility index (Phi) is 6.84. The molecule has 3 rings (SSSR count). The van der Waals surface area contributed by atoms with Crippen LogP contribution < -0.4 is 5.32 Å². The molecule has 1 aliphatic rings. The van der Waals surface area contributed by atoms with Gasteiger partial charge in [0.2, 0.25) is 15.9 Å². The van der Waals surface area contributed by atoms with Gasteiger partial charge in [-0.2, -0.15) is 4.31 Å². The number of hydrogen-bond acceptors (Lipinski definition) is 4. The number of sulfonamides is 1. The van der Waals surface area contributed by atoms with E-state index in [0.29, 0.717) is 25.1 Å². The summed E-state index contributed by atoms with van der Waals surface area (Å²) < 4.78 is 40.8. The lowest BCUT2D eigenvalue weighted by Gasteiger charge is -2.33. The summed E-state index contributed by atoms with van der Waals surface area (Å²) in [6.45, 7) is 2.78. The maximum atomic E-state index is 13.7. The first-order valence-corrected chi connectivity index (χ1v) is 11.1. The number of piperazine rings is 1. The second-order valence-corrected chi connectivity index (χ2v) is 8.97. The summed E-state index contributed by atoms with van der Waals surface area (Å²) in [5.74, 6) is -0.837. The first-order valence-electron chi connectivity index (χ1n) is 9.66. The first kappa shape index (κ1) is 21.9. The first-order chi connectivity index (χ1) is 14.3. The van der Waals surface area contributed by atoms with Gasteiger partial charge in [-0.05, 0) is 36.2 Å². The van der Waals surface area contributed by atoms with E-state index < -0.39 is 15.9 Å². The van der Waals surface area contributed by atoms with E-state index in [1.54, 1.807) is 23.1 Å². The fourth-order valence-corrected chi connectivity index (χ4v) is 4.77. The zero-order chi connectivity index (χ0) is 21.7. The summed E-state index contributed by atoms with van der Waals surface area (Å²) >= 11 is 0. The fraction of sp³-hybridized carbons (Fsp3) is 0.333. The minimum Gasteiger partial charge on any atom is -0.352 e. The third-order valence-corrected chi connectivity index (χ3v) is 6.95. The molecular formula is C21H24FN3O4S. The van der Waals surface area contributed by atoms with Crippen molar-refractivity contribution < 1.29 is 22.4 Å². The van der Waals surface area contributed by atoms with E-state index in [-0.39, 0.29) is 41.8 Å². The van der Waals surface area contributed by atoms with Gasteiger partial charge in [0.25, 0.3) is 5.91 Å². The van der Waals surface area contributed by atoms with Crippen LogP contribution in [0.3, 0.4) is 0 Å². The average molecular weight is 434 g/mol. The van der Waals surface area contributed by atoms with Gasteiger partial charge in [-0.1, -0.05) is 24.3 Å². The second-order valence-electron chi connectivity index (χ2n) is 7.04. The number of amides is 2. The number of halogens is 1. The van der Waals surface area contributed by atoms with Crippen molar-refractivity contribution in [2.75, 3.05) is 32.7 Å². The predicted octanol–water partition coefficient (Wildman–Crippen LogP) is 1.65. The Balaban J connectivity index is 1.64. The van der Waals surface area contributed by atoms with Crippen molar-refractivity contribution in [2.24, 2.45) is 0 Å². The van der Waals surface area contributed by atoms with Gasteiger partial charge in [0.05, 0.1) is 4.90 Å². The van der Waals surface area contributed by atoms with Crippen LogP contribution in [0.4, 0.5) is 4.39 Å². The van der Waals surface area contributed by atoms with E-state index in [1.165, 1.54) is 41.6 Å². The Morgan fingerprint density at radius 3 is 2.40 bits per heavy atom. The van der Waals surface area contributed by atoms with Gasteiger partial charge >= 0.3 is 0 Å². The third-order valence-electron chi connectivity index (χ3n) is 5.06. The summed E-state index contributed by atoms with van der Waals surface area (Å²) in [4.78, 5) is 25.5. The maximum absolute atomic E-state index is 13.7. The zero-order valence-electron chi connectivity index (χ0n) is 16.7. The van der Waals surface area contributed by atoms with E-state index in [0.717, 1.165) is 0 Å². The van der Waals surface area contributed by atoms with Crippen LogP contribution in [0.25, 0.3) is 0 Å². The molecule has 30 heavy (non-hydrogen) atoms. The molecule has 1 aliphatic heterocycles. The lowest BCUT2D eigenvalue weighted by atomic mass is 10.1. The highest BCUT2D eigenvalue weighted by molar-refractivity contribution is 7.89. The summed E-state index contributed by atoms with van der Waals surface area (Å²) in [6.07, 6.45) is 0.330. The largest absolute Gasteiger partial charge is 0.352 e. The van der Waals surface area contributed by atoms with Crippen LogP contribution in [-0.2, 0) is 21.2 Å². The summed E-state index contributed by atoms with van der Waals surface area (Å²) in [5, 5.41) is 2.69. The van der Waals surface area contributed by atoms with Crippen molar-refractivity contribution in [3.8, 4) is 0 Å². The Morgan fingerprint density at radius 2 is 1.73 bits per heavy atom. The van der Waals surface area contributed by atoms with Gasteiger partial charge in [-0.25, -0.2) is 12.8 Å². The maximum Gasteiger partial charge on any atom is 0.251 e. The van der Waals surface area contributed by atoms with Gasteiger partial charge in [0.1, 0.15) is 5.82 Å². The SMILES string of the molecule is CC(=O)N1CCN(S(=O)(=O)c2cccc(C(=O)NCCc3ccccc3F)c2)CC1. The minimum atomic E-state index is -3.77. The minimum absolute atomic E-state index is 0.0283. The molecule has 0 unspecified atom stereocenters. The molecule has 9 heteroatoms. The number of nitrogens with zero attached hydrogens (tertiary/aromatic N) is 2. The summed E-state index contributed by atoms with van der Waals surface area (Å²) in [7, 11) is -3.77. The van der Waals surface area contributed by atoms with Crippen LogP contribution in [0, 0.1) is 5.82 Å². The van der Waals surface area contributed by atoms with Crippen LogP contribution in [0.2, 0.25) is 0 Å². The highest BCUT2D eigenvalue weighted by Gasteiger charge is 2.29. The zero-order valence-corrected chi connectivity index (χ0v) is 17.5. The monoisotopic (exact) mass is 433 g/mol. The Bertz CT molecular complexity index is 1030. The molecule has 2 aromatic rings. The van der Waals surface area contributed by atoms with Crippen molar-refractivity contribution in [3.05, 3.63) is 65.5 Å². The predicted molar refractivity (Wildman–Crippen MR) is 110 cm³/mol. The molecule has 0 aromatic heterocycles. The van der Waals surface area contributed by atoms with Crippen molar-refractivity contribution in [2.45, 2.75) is 18.2 Å². The molecule has 0 spiro atoms. The summed E-state index contributed by atoms with van der Waals surface area (Å²) in [5.41, 5.74) is 0.714. The topological polar surface area (TPSA) is 86.8 Å². The number of rotatable bonds is 6. The molecule has 2 amide bonds. The van der Waals surface area contributed by atoms with E-state index in [1.807, 2.05) is 0 Å². The number of nitrogens with one attached hydrogen (secondary N) is 1. The molecule has 1 saturated heterocycles. The van der Waals surface area contributed by atoms with Crippen LogP contribution in [0.1, 0.15) is 22.8 Å². The smallest absolute Gasteiger partial charge is 0.251 e. The van der Waals surface area contributed by atoms with Crippen molar-refractivity contribution in [3.63, 3.8) is 0 Å². The molecule has 160 valence electrons. The quantitative estimate of drug-likeness (QED) is 0.751. The summed E-state index contributed by atoms with van der Waals surface area (Å²) in [6, 6.07) is 12.2. The van der Waals surface area contributed by atoms with E-state index >= 15 is 0 Å². The number of hydrogen-bond donors (Lipinski definition) is 1. The molecule has 2 aromatic carbocycles. The Hall–Kier alpha value is -2.78. The van der Waals surface area contributed by atoms with Crippen LogP contribution >= 0.6 is 0 Å². The molecule has 1 N–H and O–H groups in total. The van der Waals surface area contributed by atoms with Crippen LogP contribution in [0.15, 0.2) is 53.4 Å². The molecule has 0 saturated carbocycles. The van der Waals surface area contributed by atoms with Crippen LogP contribution in [-0.4, -0.2) is 62.2 Å². The van der Waals surface area contributed by atoms with Gasteiger partial charge in [0.15, 0.2) is 0 Å². The van der Waals surface area contributed by atoms with Crippen molar-refractivity contribution in [1.82, 2.24) is 14.5 Å². The molecule has 1 fully saturated rings. The number of benzene rings is 2. The van der Waals surface area contributed by atoms with Gasteiger partial charge in [0, 0.05) is 45.2 Å². The van der Waals surface area contributed by atoms with Crippen LogP contribution in [0.5, 0.6) is 0 Å². The van der Waals surface area contributed by atoms with Gasteiger partial charge in [-0.15, -0.1) is 0 Å². The second kappa shape index (κ2) is 9.36. The van der Waals surface area contributed by atoms with Crippen molar-refractivity contribution in [1.29, 1.82) is 0 Å². The van der Waals surface area contributed by atoms with Gasteiger partial charge in [-0.3, -0.25) is 9.59 Å². The fourth-order valence-electron chi connectivity index (χ4n) is 3.30. The number of carbonyl (C=O) groups excluding carboxylic acids is 2. The van der Waals surface area contributed by atoms with E-state index in [2.05, 4.69) is 5.32 Å². The molecule has 0 aliphatic carbocycles. The Labute approximate surface area is 175 Å². The van der Waals surface area contributed by atoms with Crippen molar-refractivity contribution >= 4 is 21.8 Å². The normalized spacial score (nSPS) is 15.1. The molecule has 1 heterocycles. The standard InChI is InChI=1S/C21H24FN3O4S/c1-16(26)24-11-13-25(14-12-24)30(28,29)19-7-4-6-18(15-19)21(27)23-10-9-17-5-2-3-8-20(17)22/h2-8,15H,9-14H2,1H3,(H,23,27). The lowest BCUT2D eigenvalue weighted by Crippen LogP contribution is -2.49. The molecule has 0 bridgehead atoms. The van der Waals surface area contributed by atoms with E-state index in [4.69, 9.17) is 0 Å². The highest BCUT2D eigenvalue weighted by Crippen LogP contribution is 2.19. The molecule has 7 nitrogen and oxygen atoms in total. The Morgan fingerprint density at radius 1 is 1.03 bits per heavy atom. The molecule has 0 atom stereocenters. The average Bonchev–Trinajstić information content (AvgIpc) is 2.75. The highest BCUT2D eigenvalue weighted by atomic mass is 32.2. The molecular weight excluding hydrogens is 409 g/mol. The molecule has 0 radical (unpaired) electrons.